The Labute approximate surface area is 125 Å². The fraction of sp³-hybridized carbons (Fsp3) is 0.700. The Kier molecular flexibility index (Phi) is 5.92. The first-order valence-electron chi connectivity index (χ1n) is 5.42. The smallest absolute Gasteiger partial charge is 0.460 e. The van der Waals surface area contributed by atoms with E-state index in [1.807, 2.05) is 0 Å². The molecule has 0 aliphatic rings. The fourth-order valence-corrected chi connectivity index (χ4v) is 1.04. The molecule has 142 valence electrons. The molecule has 0 amide bonds. The zero-order valence-corrected chi connectivity index (χ0v) is 11.0. The number of carbonyl (C=O) groups excluding carboxylic acids is 1. The van der Waals surface area contributed by atoms with Crippen molar-refractivity contribution in [1.82, 2.24) is 0 Å². The van der Waals surface area contributed by atoms with E-state index in [1.54, 1.807) is 0 Å². The molecule has 2 nitrogen and oxygen atoms in total. The Hall–Kier alpha value is -1.63. The van der Waals surface area contributed by atoms with Crippen molar-refractivity contribution in [2.75, 3.05) is 6.61 Å². The summed E-state index contributed by atoms with van der Waals surface area (Å²) in [6.07, 6.45) is -15.0. The number of alkyl halides is 12. The van der Waals surface area contributed by atoms with Gasteiger partial charge in [-0.2, -0.15) is 52.7 Å². The van der Waals surface area contributed by atoms with Crippen molar-refractivity contribution in [3.05, 3.63) is 12.2 Å². The first-order chi connectivity index (χ1) is 10.3. The molecule has 0 bridgehead atoms. The standard InChI is InChI=1S/C10H6F12O2/c1-4(7(13,14)15)5(23)24-3-2-6(11,12)8(16,17)9(18,19)10(20,21)22/h1-3H2. The highest BCUT2D eigenvalue weighted by Crippen LogP contribution is 2.53. The molecule has 0 aromatic rings. The molecule has 0 saturated heterocycles. The third-order valence-corrected chi connectivity index (χ3v) is 2.45. The maximum absolute atomic E-state index is 12.9. The molecular weight excluding hydrogens is 380 g/mol. The van der Waals surface area contributed by atoms with E-state index < -0.39 is 54.7 Å². The summed E-state index contributed by atoms with van der Waals surface area (Å²) in [4.78, 5) is 10.7. The second-order valence-electron chi connectivity index (χ2n) is 4.21. The topological polar surface area (TPSA) is 26.3 Å². The molecule has 0 aromatic carbocycles. The van der Waals surface area contributed by atoms with E-state index >= 15 is 0 Å². The molecule has 0 aliphatic heterocycles. The molecule has 0 saturated carbocycles. The quantitative estimate of drug-likeness (QED) is 0.382. The third kappa shape index (κ3) is 4.26. The summed E-state index contributed by atoms with van der Waals surface area (Å²) in [5.74, 6) is -22.5. The Morgan fingerprint density at radius 2 is 1.21 bits per heavy atom. The third-order valence-electron chi connectivity index (χ3n) is 2.45. The molecule has 24 heavy (non-hydrogen) atoms. The second-order valence-corrected chi connectivity index (χ2v) is 4.21. The normalized spacial score (nSPS) is 14.5. The summed E-state index contributed by atoms with van der Waals surface area (Å²) in [5.41, 5.74) is -2.22. The van der Waals surface area contributed by atoms with E-state index in [1.165, 1.54) is 0 Å². The Morgan fingerprint density at radius 3 is 1.54 bits per heavy atom. The molecule has 0 radical (unpaired) electrons. The van der Waals surface area contributed by atoms with E-state index in [0.717, 1.165) is 0 Å². The lowest BCUT2D eigenvalue weighted by Gasteiger charge is -2.33. The summed E-state index contributed by atoms with van der Waals surface area (Å²) in [6.45, 7) is 0.162. The van der Waals surface area contributed by atoms with Gasteiger partial charge < -0.3 is 4.74 Å². The Balaban J connectivity index is 5.05. The minimum absolute atomic E-state index is 2.00. The van der Waals surface area contributed by atoms with Gasteiger partial charge in [-0.15, -0.1) is 0 Å². The largest absolute Gasteiger partial charge is 0.462 e. The molecule has 0 heterocycles. The van der Waals surface area contributed by atoms with Crippen LogP contribution in [0.4, 0.5) is 52.7 Å². The van der Waals surface area contributed by atoms with Gasteiger partial charge >= 0.3 is 36.1 Å². The van der Waals surface area contributed by atoms with Crippen LogP contribution in [0.3, 0.4) is 0 Å². The number of hydrogen-bond donors (Lipinski definition) is 0. The number of rotatable bonds is 6. The average Bonchev–Trinajstić information content (AvgIpc) is 2.34. The minimum Gasteiger partial charge on any atom is -0.462 e. The van der Waals surface area contributed by atoms with Gasteiger partial charge in [-0.05, 0) is 0 Å². The molecular formula is C10H6F12O2. The average molecular weight is 386 g/mol. The van der Waals surface area contributed by atoms with Crippen molar-refractivity contribution in [3.8, 4) is 0 Å². The van der Waals surface area contributed by atoms with E-state index in [4.69, 9.17) is 0 Å². The predicted molar refractivity (Wildman–Crippen MR) is 51.7 cm³/mol. The van der Waals surface area contributed by atoms with Crippen LogP contribution in [0.2, 0.25) is 0 Å². The van der Waals surface area contributed by atoms with Crippen molar-refractivity contribution in [2.24, 2.45) is 0 Å². The lowest BCUT2D eigenvalue weighted by atomic mass is 10.0. The van der Waals surface area contributed by atoms with Crippen molar-refractivity contribution in [2.45, 2.75) is 36.5 Å². The summed E-state index contributed by atoms with van der Waals surface area (Å²) >= 11 is 0. The highest BCUT2D eigenvalue weighted by Gasteiger charge is 2.81. The number of carbonyl (C=O) groups is 1. The number of hydrogen-bond acceptors (Lipinski definition) is 2. The number of halogens is 12. The zero-order valence-electron chi connectivity index (χ0n) is 11.0. The van der Waals surface area contributed by atoms with Crippen LogP contribution in [0.1, 0.15) is 6.42 Å². The zero-order chi connectivity index (χ0) is 19.8. The Morgan fingerprint density at radius 1 is 0.792 bits per heavy atom. The van der Waals surface area contributed by atoms with Crippen molar-refractivity contribution in [1.29, 1.82) is 0 Å². The molecule has 0 atom stereocenters. The van der Waals surface area contributed by atoms with E-state index in [2.05, 4.69) is 11.3 Å². The van der Waals surface area contributed by atoms with Crippen LogP contribution in [0.15, 0.2) is 12.2 Å². The predicted octanol–water partition coefficient (Wildman–Crippen LogP) is 4.51. The van der Waals surface area contributed by atoms with Crippen molar-refractivity contribution in [3.63, 3.8) is 0 Å². The molecule has 0 unspecified atom stereocenters. The molecule has 0 rings (SSSR count). The number of ether oxygens (including phenoxy) is 1. The highest BCUT2D eigenvalue weighted by atomic mass is 19.4. The first-order valence-corrected chi connectivity index (χ1v) is 5.42. The summed E-state index contributed by atoms with van der Waals surface area (Å²) in [6, 6.07) is 0. The Bertz CT molecular complexity index is 487. The van der Waals surface area contributed by atoms with E-state index in [-0.39, 0.29) is 0 Å². The lowest BCUT2D eigenvalue weighted by Crippen LogP contribution is -2.61. The molecule has 0 spiro atoms. The van der Waals surface area contributed by atoms with Gasteiger partial charge in [0.25, 0.3) is 0 Å². The van der Waals surface area contributed by atoms with Gasteiger partial charge in [-0.3, -0.25) is 0 Å². The maximum Gasteiger partial charge on any atom is 0.460 e. The SMILES string of the molecule is C=C(C(=O)OCCC(F)(F)C(F)(F)C(F)(F)C(F)(F)F)C(F)(F)F. The van der Waals surface area contributed by atoms with E-state index in [9.17, 15) is 57.5 Å². The monoisotopic (exact) mass is 386 g/mol. The van der Waals surface area contributed by atoms with Crippen LogP contribution >= 0.6 is 0 Å². The highest BCUT2D eigenvalue weighted by molar-refractivity contribution is 5.89. The van der Waals surface area contributed by atoms with Crippen LogP contribution in [0, 0.1) is 0 Å². The summed E-state index contributed by atoms with van der Waals surface area (Å²) in [7, 11) is 0. The van der Waals surface area contributed by atoms with Gasteiger partial charge in [0.1, 0.15) is 5.57 Å². The molecule has 0 N–H and O–H groups in total. The minimum atomic E-state index is -7.14. The number of esters is 1. The van der Waals surface area contributed by atoms with Crippen LogP contribution in [-0.4, -0.2) is 42.7 Å². The van der Waals surface area contributed by atoms with Gasteiger partial charge in [-0.25, -0.2) is 4.79 Å². The van der Waals surface area contributed by atoms with E-state index in [0.29, 0.717) is 0 Å². The van der Waals surface area contributed by atoms with Gasteiger partial charge in [0.2, 0.25) is 0 Å². The van der Waals surface area contributed by atoms with Crippen molar-refractivity contribution < 1.29 is 62.2 Å². The summed E-state index contributed by atoms with van der Waals surface area (Å²) in [5, 5.41) is 0. The van der Waals surface area contributed by atoms with Crippen molar-refractivity contribution >= 4 is 5.97 Å². The molecule has 0 aliphatic carbocycles. The molecule has 14 heteroatoms. The van der Waals surface area contributed by atoms with Crippen LogP contribution in [0.25, 0.3) is 0 Å². The van der Waals surface area contributed by atoms with Gasteiger partial charge in [-0.1, -0.05) is 6.58 Å². The molecule has 0 fully saturated rings. The van der Waals surface area contributed by atoms with Gasteiger partial charge in [0, 0.05) is 0 Å². The first kappa shape index (κ1) is 22.4. The second kappa shape index (κ2) is 6.35. The van der Waals surface area contributed by atoms with Crippen LogP contribution < -0.4 is 0 Å². The van der Waals surface area contributed by atoms with Crippen LogP contribution in [-0.2, 0) is 9.53 Å². The molecule has 0 aromatic heterocycles. The van der Waals surface area contributed by atoms with Gasteiger partial charge in [0.15, 0.2) is 0 Å². The fourth-order valence-electron chi connectivity index (χ4n) is 1.04. The lowest BCUT2D eigenvalue weighted by molar-refractivity contribution is -0.397. The van der Waals surface area contributed by atoms with Crippen LogP contribution in [0.5, 0.6) is 0 Å². The summed E-state index contributed by atoms with van der Waals surface area (Å²) < 4.78 is 151. The maximum atomic E-state index is 12.9. The van der Waals surface area contributed by atoms with Gasteiger partial charge in [0.05, 0.1) is 13.0 Å².